The minimum absolute atomic E-state index is 0.277. The Morgan fingerprint density at radius 1 is 1.50 bits per heavy atom. The lowest BCUT2D eigenvalue weighted by Gasteiger charge is -2.24. The van der Waals surface area contributed by atoms with Crippen molar-refractivity contribution in [1.82, 2.24) is 25.0 Å². The van der Waals surface area contributed by atoms with E-state index < -0.39 is 0 Å². The Hall–Kier alpha value is -1.63. The molecule has 0 aliphatic heterocycles. The quantitative estimate of drug-likeness (QED) is 0.578. The summed E-state index contributed by atoms with van der Waals surface area (Å²) in [5.41, 5.74) is 0. The van der Waals surface area contributed by atoms with Crippen molar-refractivity contribution in [2.45, 2.75) is 39.8 Å². The Morgan fingerprint density at radius 2 is 2.23 bits per heavy atom. The number of nitrogens with one attached hydrogen (secondary N) is 1. The number of rotatable bonds is 8. The van der Waals surface area contributed by atoms with Gasteiger partial charge >= 0.3 is 0 Å². The van der Waals surface area contributed by atoms with Gasteiger partial charge in [-0.1, -0.05) is 13.8 Å². The average molecular weight is 310 g/mol. The Kier molecular flexibility index (Phi) is 7.87. The molecule has 0 aliphatic carbocycles. The molecule has 0 saturated carbocycles. The lowest BCUT2D eigenvalue weighted by atomic mass is 10.0. The summed E-state index contributed by atoms with van der Waals surface area (Å²) in [5, 5.41) is 7.47. The smallest absolute Gasteiger partial charge is 0.193 e. The largest absolute Gasteiger partial charge is 0.378 e. The maximum absolute atomic E-state index is 5.77. The van der Waals surface area contributed by atoms with Gasteiger partial charge in [0.05, 0.1) is 12.6 Å². The normalized spacial score (nSPS) is 13.5. The molecule has 0 bridgehead atoms. The van der Waals surface area contributed by atoms with Gasteiger partial charge in [0.15, 0.2) is 5.96 Å². The van der Waals surface area contributed by atoms with Crippen molar-refractivity contribution in [3.63, 3.8) is 0 Å². The second-order valence-electron chi connectivity index (χ2n) is 5.66. The molecule has 0 spiro atoms. The first-order chi connectivity index (χ1) is 10.5. The standard InChI is InChI=1S/C15H30N6O/c1-7-22-13(12(2)3)8-9-17-15(16-4)20(5)10-14-18-11-19-21(14)6/h11-13H,7-10H2,1-6H3,(H,16,17). The summed E-state index contributed by atoms with van der Waals surface area (Å²) in [4.78, 5) is 10.6. The molecule has 0 saturated heterocycles. The van der Waals surface area contributed by atoms with Gasteiger partial charge in [0.1, 0.15) is 12.2 Å². The minimum atomic E-state index is 0.277. The summed E-state index contributed by atoms with van der Waals surface area (Å²) in [5.74, 6) is 2.27. The van der Waals surface area contributed by atoms with E-state index in [2.05, 4.69) is 34.2 Å². The number of nitrogens with zero attached hydrogens (tertiary/aromatic N) is 5. The van der Waals surface area contributed by atoms with Crippen molar-refractivity contribution in [2.75, 3.05) is 27.2 Å². The van der Waals surface area contributed by atoms with Crippen LogP contribution in [0, 0.1) is 5.92 Å². The van der Waals surface area contributed by atoms with Crippen LogP contribution in [0.2, 0.25) is 0 Å². The zero-order chi connectivity index (χ0) is 16.5. The van der Waals surface area contributed by atoms with E-state index >= 15 is 0 Å². The van der Waals surface area contributed by atoms with Gasteiger partial charge in [-0.2, -0.15) is 5.10 Å². The van der Waals surface area contributed by atoms with E-state index in [0.717, 1.165) is 31.4 Å². The van der Waals surface area contributed by atoms with E-state index in [4.69, 9.17) is 4.74 Å². The fourth-order valence-electron chi connectivity index (χ4n) is 2.28. The molecule has 1 atom stereocenters. The van der Waals surface area contributed by atoms with E-state index in [1.807, 2.05) is 25.9 Å². The number of guanidine groups is 1. The number of aryl methyl sites for hydroxylation is 1. The molecule has 126 valence electrons. The van der Waals surface area contributed by atoms with Gasteiger partial charge in [0, 0.05) is 34.3 Å². The van der Waals surface area contributed by atoms with E-state index in [1.165, 1.54) is 0 Å². The molecule has 7 heteroatoms. The second-order valence-corrected chi connectivity index (χ2v) is 5.66. The van der Waals surface area contributed by atoms with Crippen molar-refractivity contribution >= 4 is 5.96 Å². The third-order valence-corrected chi connectivity index (χ3v) is 3.59. The molecule has 7 nitrogen and oxygen atoms in total. The topological polar surface area (TPSA) is 67.6 Å². The number of hydrogen-bond donors (Lipinski definition) is 1. The van der Waals surface area contributed by atoms with Gasteiger partial charge in [0.25, 0.3) is 0 Å². The van der Waals surface area contributed by atoms with Crippen molar-refractivity contribution in [1.29, 1.82) is 0 Å². The maximum atomic E-state index is 5.77. The summed E-state index contributed by atoms with van der Waals surface area (Å²) in [7, 11) is 5.67. The predicted octanol–water partition coefficient (Wildman–Crippen LogP) is 1.27. The Morgan fingerprint density at radius 3 is 2.73 bits per heavy atom. The van der Waals surface area contributed by atoms with Crippen LogP contribution in [-0.4, -0.2) is 59.0 Å². The summed E-state index contributed by atoms with van der Waals surface area (Å²) in [6.07, 6.45) is 2.80. The van der Waals surface area contributed by atoms with Crippen LogP contribution in [0.1, 0.15) is 33.0 Å². The molecule has 0 aliphatic rings. The van der Waals surface area contributed by atoms with Crippen molar-refractivity contribution in [3.8, 4) is 0 Å². The zero-order valence-corrected chi connectivity index (χ0v) is 14.7. The van der Waals surface area contributed by atoms with Crippen LogP contribution in [0.4, 0.5) is 0 Å². The lowest BCUT2D eigenvalue weighted by molar-refractivity contribution is 0.0257. The summed E-state index contributed by atoms with van der Waals surface area (Å²) in [6, 6.07) is 0. The van der Waals surface area contributed by atoms with Gasteiger partial charge in [-0.25, -0.2) is 4.98 Å². The Bertz CT molecular complexity index is 457. The molecule has 0 radical (unpaired) electrons. The van der Waals surface area contributed by atoms with Crippen LogP contribution in [0.25, 0.3) is 0 Å². The van der Waals surface area contributed by atoms with Gasteiger partial charge in [-0.15, -0.1) is 0 Å². The molecule has 0 fully saturated rings. The molecule has 22 heavy (non-hydrogen) atoms. The van der Waals surface area contributed by atoms with Crippen LogP contribution in [0.15, 0.2) is 11.3 Å². The molecule has 1 rings (SSSR count). The highest BCUT2D eigenvalue weighted by Gasteiger charge is 2.14. The van der Waals surface area contributed by atoms with Gasteiger partial charge in [-0.05, 0) is 19.3 Å². The second kappa shape index (κ2) is 9.40. The summed E-state index contributed by atoms with van der Waals surface area (Å²) in [6.45, 7) is 8.67. The molecular formula is C15H30N6O. The van der Waals surface area contributed by atoms with E-state index in [9.17, 15) is 0 Å². The Balaban J connectivity index is 2.46. The predicted molar refractivity (Wildman–Crippen MR) is 88.7 cm³/mol. The summed E-state index contributed by atoms with van der Waals surface area (Å²) >= 11 is 0. The van der Waals surface area contributed by atoms with Crippen molar-refractivity contribution in [3.05, 3.63) is 12.2 Å². The van der Waals surface area contributed by atoms with Gasteiger partial charge < -0.3 is 15.0 Å². The average Bonchev–Trinajstić information content (AvgIpc) is 2.87. The van der Waals surface area contributed by atoms with Crippen molar-refractivity contribution < 1.29 is 4.74 Å². The molecule has 0 amide bonds. The van der Waals surface area contributed by atoms with Crippen LogP contribution >= 0.6 is 0 Å². The number of ether oxygens (including phenoxy) is 1. The lowest BCUT2D eigenvalue weighted by Crippen LogP contribution is -2.40. The van der Waals surface area contributed by atoms with E-state index in [-0.39, 0.29) is 6.10 Å². The molecular weight excluding hydrogens is 280 g/mol. The SMILES string of the molecule is CCOC(CCNC(=NC)N(C)Cc1ncnn1C)C(C)C. The fourth-order valence-corrected chi connectivity index (χ4v) is 2.28. The first kappa shape index (κ1) is 18.4. The third-order valence-electron chi connectivity index (χ3n) is 3.59. The Labute approximate surface area is 133 Å². The van der Waals surface area contributed by atoms with Gasteiger partial charge in [-0.3, -0.25) is 9.67 Å². The number of hydrogen-bond acceptors (Lipinski definition) is 4. The van der Waals surface area contributed by atoms with Crippen LogP contribution in [0.3, 0.4) is 0 Å². The third kappa shape index (κ3) is 5.63. The monoisotopic (exact) mass is 310 g/mol. The summed E-state index contributed by atoms with van der Waals surface area (Å²) < 4.78 is 7.54. The fraction of sp³-hybridized carbons (Fsp3) is 0.800. The van der Waals surface area contributed by atoms with Crippen LogP contribution in [0.5, 0.6) is 0 Å². The molecule has 1 aromatic heterocycles. The van der Waals surface area contributed by atoms with E-state index in [1.54, 1.807) is 18.1 Å². The number of aromatic nitrogens is 3. The van der Waals surface area contributed by atoms with Crippen LogP contribution in [-0.2, 0) is 18.3 Å². The highest BCUT2D eigenvalue weighted by Crippen LogP contribution is 2.10. The molecule has 1 N–H and O–H groups in total. The van der Waals surface area contributed by atoms with Crippen LogP contribution < -0.4 is 5.32 Å². The van der Waals surface area contributed by atoms with Gasteiger partial charge in [0.2, 0.25) is 0 Å². The first-order valence-corrected chi connectivity index (χ1v) is 7.85. The minimum Gasteiger partial charge on any atom is -0.378 e. The zero-order valence-electron chi connectivity index (χ0n) is 14.7. The highest BCUT2D eigenvalue weighted by atomic mass is 16.5. The molecule has 1 aromatic rings. The molecule has 0 aromatic carbocycles. The van der Waals surface area contributed by atoms with Crippen molar-refractivity contribution in [2.24, 2.45) is 18.0 Å². The molecule has 1 unspecified atom stereocenters. The molecule has 1 heterocycles. The highest BCUT2D eigenvalue weighted by molar-refractivity contribution is 5.79. The van der Waals surface area contributed by atoms with E-state index in [0.29, 0.717) is 12.5 Å². The first-order valence-electron chi connectivity index (χ1n) is 7.85. The maximum Gasteiger partial charge on any atom is 0.193 e. The number of aliphatic imine (C=N–C) groups is 1.